The molecule has 0 rings (SSSR count). The monoisotopic (exact) mass is 220 g/mol. The van der Waals surface area contributed by atoms with Crippen molar-refractivity contribution in [1.82, 2.24) is 0 Å². The second-order valence-electron chi connectivity index (χ2n) is 0. The zero-order valence-corrected chi connectivity index (χ0v) is 11.4. The Balaban J connectivity index is 0. The van der Waals surface area contributed by atoms with Crippen molar-refractivity contribution in [1.29, 1.82) is 0 Å². The van der Waals surface area contributed by atoms with E-state index in [4.69, 9.17) is 0 Å². The van der Waals surface area contributed by atoms with E-state index in [0.717, 1.165) is 0 Å². The molecule has 0 aromatic heterocycles. The van der Waals surface area contributed by atoms with Crippen molar-refractivity contribution in [2.75, 3.05) is 0 Å². The average molecular weight is 222 g/mol. The fourth-order valence-electron chi connectivity index (χ4n) is 0. The van der Waals surface area contributed by atoms with Crippen molar-refractivity contribution >= 4 is 37.7 Å². The molecule has 0 atom stereocenters. The van der Waals surface area contributed by atoms with Gasteiger partial charge in [-0.1, -0.05) is 0 Å². The van der Waals surface area contributed by atoms with Crippen molar-refractivity contribution in [3.05, 3.63) is 0 Å². The third kappa shape index (κ3) is 42.1. The molecule has 40 valence electrons. The third-order valence-corrected chi connectivity index (χ3v) is 0. The Morgan fingerprint density at radius 1 is 0.571 bits per heavy atom. The largest absolute Gasteiger partial charge is 2.00 e. The molecule has 0 saturated heterocycles. The van der Waals surface area contributed by atoms with E-state index in [1.807, 2.05) is 0 Å². The minimum atomic E-state index is 0. The Kier molecular flexibility index (Phi) is 567. The molecular formula is H4CaCl3KO2. The normalized spacial score (nSPS) is 0. The SMILES string of the molecule is O.O.[Ca+2].[Cl-].[Cl-].[Cl-].[K+]. The van der Waals surface area contributed by atoms with Crippen LogP contribution in [0.4, 0.5) is 0 Å². The summed E-state index contributed by atoms with van der Waals surface area (Å²) in [5.74, 6) is 0. The van der Waals surface area contributed by atoms with E-state index in [1.54, 1.807) is 0 Å². The van der Waals surface area contributed by atoms with Gasteiger partial charge in [-0.3, -0.25) is 0 Å². The van der Waals surface area contributed by atoms with E-state index in [9.17, 15) is 0 Å². The first-order valence-corrected chi connectivity index (χ1v) is 0. The Bertz CT molecular complexity index is 12.9. The molecule has 0 aliphatic heterocycles. The van der Waals surface area contributed by atoms with Gasteiger partial charge in [-0.05, 0) is 0 Å². The number of hydrogen-bond acceptors (Lipinski definition) is 0. The molecule has 0 amide bonds. The molecule has 0 saturated carbocycles. The van der Waals surface area contributed by atoms with Crippen LogP contribution in [-0.4, -0.2) is 48.7 Å². The van der Waals surface area contributed by atoms with E-state index in [2.05, 4.69) is 0 Å². The molecule has 4 N–H and O–H groups in total. The predicted molar refractivity (Wildman–Crippen MR) is 13.0 cm³/mol. The number of rotatable bonds is 0. The van der Waals surface area contributed by atoms with Gasteiger partial charge in [0.1, 0.15) is 0 Å². The maximum Gasteiger partial charge on any atom is 2.00 e. The van der Waals surface area contributed by atoms with E-state index in [1.165, 1.54) is 0 Å². The zero-order valence-electron chi connectivity index (χ0n) is 3.84. The van der Waals surface area contributed by atoms with Gasteiger partial charge in [0.05, 0.1) is 0 Å². The van der Waals surface area contributed by atoms with Crippen LogP contribution >= 0.6 is 0 Å². The van der Waals surface area contributed by atoms with Crippen LogP contribution in [0.2, 0.25) is 0 Å². The van der Waals surface area contributed by atoms with Gasteiger partial charge in [0.15, 0.2) is 0 Å². The van der Waals surface area contributed by atoms with Gasteiger partial charge < -0.3 is 48.2 Å². The molecule has 0 aliphatic rings. The smallest absolute Gasteiger partial charge is 1.00 e. The van der Waals surface area contributed by atoms with Crippen molar-refractivity contribution in [2.45, 2.75) is 0 Å². The molecule has 0 heterocycles. The maximum atomic E-state index is 0. The van der Waals surface area contributed by atoms with E-state index < -0.39 is 0 Å². The summed E-state index contributed by atoms with van der Waals surface area (Å²) in [6.07, 6.45) is 0. The molecule has 7 heavy (non-hydrogen) atoms. The number of hydrogen-bond donors (Lipinski definition) is 0. The Morgan fingerprint density at radius 3 is 0.571 bits per heavy atom. The summed E-state index contributed by atoms with van der Waals surface area (Å²) in [6, 6.07) is 0. The summed E-state index contributed by atoms with van der Waals surface area (Å²) >= 11 is 0. The summed E-state index contributed by atoms with van der Waals surface area (Å²) in [6.45, 7) is 0. The first kappa shape index (κ1) is 73.8. The first-order valence-electron chi connectivity index (χ1n) is 0. The van der Waals surface area contributed by atoms with Crippen molar-refractivity contribution in [3.8, 4) is 0 Å². The quantitative estimate of drug-likeness (QED) is 0.365. The molecule has 0 spiro atoms. The molecule has 0 radical (unpaired) electrons. The fraction of sp³-hybridized carbons (Fsp3) is 0. The van der Waals surface area contributed by atoms with Crippen molar-refractivity contribution in [3.63, 3.8) is 0 Å². The second kappa shape index (κ2) is 53.8. The summed E-state index contributed by atoms with van der Waals surface area (Å²) in [4.78, 5) is 0. The van der Waals surface area contributed by atoms with E-state index in [-0.39, 0.29) is 137 Å². The maximum absolute atomic E-state index is 0. The second-order valence-corrected chi connectivity index (χ2v) is 0. The molecule has 0 bridgehead atoms. The van der Waals surface area contributed by atoms with Gasteiger partial charge in [0.25, 0.3) is 0 Å². The molecule has 0 aliphatic carbocycles. The van der Waals surface area contributed by atoms with Crippen LogP contribution in [-0.2, 0) is 0 Å². The van der Waals surface area contributed by atoms with E-state index >= 15 is 0 Å². The van der Waals surface area contributed by atoms with Crippen molar-refractivity contribution in [2.24, 2.45) is 0 Å². The average Bonchev–Trinajstić information content (AvgIpc) is 0. The molecular weight excluding hydrogens is 218 g/mol. The summed E-state index contributed by atoms with van der Waals surface area (Å²) in [5, 5.41) is 0. The zero-order chi connectivity index (χ0) is 0. The van der Waals surface area contributed by atoms with Gasteiger partial charge >= 0.3 is 89.1 Å². The van der Waals surface area contributed by atoms with Crippen LogP contribution in [0.5, 0.6) is 0 Å². The standard InChI is InChI=1S/Ca.3ClH.K.2H2O/h;3*1H;;2*1H2/q+2;;;;+1;;/p-3. The molecule has 2 nitrogen and oxygen atoms in total. The van der Waals surface area contributed by atoms with Gasteiger partial charge in [0.2, 0.25) is 0 Å². The third-order valence-electron chi connectivity index (χ3n) is 0. The van der Waals surface area contributed by atoms with Crippen LogP contribution in [0, 0.1) is 0 Å². The minimum absolute atomic E-state index is 0. The summed E-state index contributed by atoms with van der Waals surface area (Å²) in [7, 11) is 0. The molecule has 7 heteroatoms. The summed E-state index contributed by atoms with van der Waals surface area (Å²) < 4.78 is 0. The minimum Gasteiger partial charge on any atom is -1.00 e. The van der Waals surface area contributed by atoms with Crippen LogP contribution in [0.1, 0.15) is 0 Å². The van der Waals surface area contributed by atoms with Crippen LogP contribution in [0.15, 0.2) is 0 Å². The van der Waals surface area contributed by atoms with Gasteiger partial charge in [0, 0.05) is 0 Å². The fourth-order valence-corrected chi connectivity index (χ4v) is 0. The van der Waals surface area contributed by atoms with Gasteiger partial charge in [-0.25, -0.2) is 0 Å². The van der Waals surface area contributed by atoms with Crippen LogP contribution in [0.3, 0.4) is 0 Å². The molecule has 0 unspecified atom stereocenters. The topological polar surface area (TPSA) is 63.0 Å². The Hall–Kier alpha value is 3.69. The van der Waals surface area contributed by atoms with E-state index in [0.29, 0.717) is 0 Å². The molecule has 0 aromatic carbocycles. The number of halogens is 3. The van der Waals surface area contributed by atoms with Crippen LogP contribution < -0.4 is 88.6 Å². The predicted octanol–water partition coefficient (Wildman–Crippen LogP) is -14.0. The summed E-state index contributed by atoms with van der Waals surface area (Å²) in [5.41, 5.74) is 0. The van der Waals surface area contributed by atoms with Crippen molar-refractivity contribution < 1.29 is 99.6 Å². The molecule has 0 aromatic rings. The molecule has 0 fully saturated rings. The van der Waals surface area contributed by atoms with Gasteiger partial charge in [-0.15, -0.1) is 0 Å². The Morgan fingerprint density at radius 2 is 0.571 bits per heavy atom. The van der Waals surface area contributed by atoms with Crippen LogP contribution in [0.25, 0.3) is 0 Å². The van der Waals surface area contributed by atoms with Gasteiger partial charge in [-0.2, -0.15) is 0 Å². The first-order chi connectivity index (χ1) is 0. The Labute approximate surface area is 134 Å².